The first kappa shape index (κ1) is 14.2. The quantitative estimate of drug-likeness (QED) is 0.455. The topological polar surface area (TPSA) is 106 Å². The van der Waals surface area contributed by atoms with Crippen LogP contribution in [0.25, 0.3) is 21.9 Å². The normalized spacial score (nSPS) is 11.2. The van der Waals surface area contributed by atoms with Gasteiger partial charge < -0.3 is 15.3 Å². The summed E-state index contributed by atoms with van der Waals surface area (Å²) in [7, 11) is 0. The van der Waals surface area contributed by atoms with E-state index in [-0.39, 0.29) is 22.6 Å². The highest BCUT2D eigenvalue weighted by atomic mass is 19.1. The van der Waals surface area contributed by atoms with Gasteiger partial charge >= 0.3 is 0 Å². The summed E-state index contributed by atoms with van der Waals surface area (Å²) in [5.74, 6) is -0.593. The first-order chi connectivity index (χ1) is 11.5. The highest BCUT2D eigenvalue weighted by molar-refractivity contribution is 6.08. The number of nitrogens with one attached hydrogen (secondary N) is 4. The second-order valence-electron chi connectivity index (χ2n) is 5.47. The Labute approximate surface area is 133 Å². The van der Waals surface area contributed by atoms with Crippen LogP contribution in [-0.2, 0) is 0 Å². The fraction of sp³-hybridized carbons (Fsp3) is 0.0625. The molecular formula is C16H12FN5O2. The molecule has 1 amide bonds. The molecule has 0 spiro atoms. The first-order valence-corrected chi connectivity index (χ1v) is 7.19. The van der Waals surface area contributed by atoms with E-state index >= 15 is 0 Å². The summed E-state index contributed by atoms with van der Waals surface area (Å²) in [6.07, 6.45) is 0. The van der Waals surface area contributed by atoms with Crippen LogP contribution in [-0.4, -0.2) is 26.1 Å². The predicted molar refractivity (Wildman–Crippen MR) is 87.7 cm³/mol. The highest BCUT2D eigenvalue weighted by Crippen LogP contribution is 2.23. The van der Waals surface area contributed by atoms with Gasteiger partial charge in [0.25, 0.3) is 5.91 Å². The number of amides is 1. The number of fused-ring (bicyclic) bond motifs is 2. The minimum Gasteiger partial charge on any atom is -0.348 e. The van der Waals surface area contributed by atoms with E-state index in [1.165, 1.54) is 12.1 Å². The second kappa shape index (κ2) is 5.05. The standard InChI is InChI=1S/C16H12FN5O2/c1-7-2-4-10(17)13-9(7)6-11(18-13)16(24)20-15-8-3-5-12(23)19-14(8)21-22-15/h2-6,18H,1H3,(H3,19,20,21,22,23,24). The van der Waals surface area contributed by atoms with Gasteiger partial charge in [-0.2, -0.15) is 5.10 Å². The molecule has 0 atom stereocenters. The molecule has 0 saturated carbocycles. The predicted octanol–water partition coefficient (Wildman–Crippen LogP) is 2.43. The number of benzene rings is 1. The largest absolute Gasteiger partial charge is 0.348 e. The molecule has 4 aromatic rings. The molecule has 120 valence electrons. The van der Waals surface area contributed by atoms with E-state index < -0.39 is 11.7 Å². The Morgan fingerprint density at radius 1 is 1.17 bits per heavy atom. The number of pyridine rings is 1. The minimum absolute atomic E-state index is 0.221. The van der Waals surface area contributed by atoms with Crippen LogP contribution >= 0.6 is 0 Å². The lowest BCUT2D eigenvalue weighted by molar-refractivity contribution is 0.102. The number of H-pyrrole nitrogens is 3. The number of rotatable bonds is 2. The summed E-state index contributed by atoms with van der Waals surface area (Å²) < 4.78 is 13.9. The fourth-order valence-corrected chi connectivity index (χ4v) is 2.65. The summed E-state index contributed by atoms with van der Waals surface area (Å²) in [5, 5.41) is 10.5. The van der Waals surface area contributed by atoms with Crippen LogP contribution in [0.3, 0.4) is 0 Å². The van der Waals surface area contributed by atoms with Gasteiger partial charge in [0.15, 0.2) is 5.82 Å². The number of aryl methyl sites for hydroxylation is 1. The van der Waals surface area contributed by atoms with Crippen LogP contribution in [0, 0.1) is 12.7 Å². The van der Waals surface area contributed by atoms with E-state index in [1.807, 2.05) is 6.92 Å². The van der Waals surface area contributed by atoms with Gasteiger partial charge in [-0.25, -0.2) is 4.39 Å². The molecule has 0 aliphatic carbocycles. The number of nitrogens with zero attached hydrogens (tertiary/aromatic N) is 1. The number of hydrogen-bond acceptors (Lipinski definition) is 3. The van der Waals surface area contributed by atoms with Crippen LogP contribution in [0.5, 0.6) is 0 Å². The first-order valence-electron chi connectivity index (χ1n) is 7.19. The smallest absolute Gasteiger partial charge is 0.273 e. The molecule has 1 aromatic carbocycles. The van der Waals surface area contributed by atoms with Crippen molar-refractivity contribution >= 4 is 33.7 Å². The van der Waals surface area contributed by atoms with E-state index in [0.29, 0.717) is 16.4 Å². The maximum absolute atomic E-state index is 13.9. The molecule has 0 bridgehead atoms. The van der Waals surface area contributed by atoms with Crippen molar-refractivity contribution in [2.45, 2.75) is 6.92 Å². The molecular weight excluding hydrogens is 313 g/mol. The van der Waals surface area contributed by atoms with Crippen molar-refractivity contribution in [3.05, 3.63) is 57.8 Å². The summed E-state index contributed by atoms with van der Waals surface area (Å²) in [4.78, 5) is 29.1. The lowest BCUT2D eigenvalue weighted by Crippen LogP contribution is -2.12. The van der Waals surface area contributed by atoms with Gasteiger partial charge in [-0.15, -0.1) is 0 Å². The maximum atomic E-state index is 13.9. The Morgan fingerprint density at radius 2 is 2.00 bits per heavy atom. The van der Waals surface area contributed by atoms with Crippen LogP contribution < -0.4 is 10.9 Å². The van der Waals surface area contributed by atoms with Crippen molar-refractivity contribution in [2.75, 3.05) is 5.32 Å². The summed E-state index contributed by atoms with van der Waals surface area (Å²) in [6, 6.07) is 7.51. The van der Waals surface area contributed by atoms with E-state index in [2.05, 4.69) is 25.5 Å². The molecule has 4 rings (SSSR count). The Balaban J connectivity index is 1.72. The molecule has 24 heavy (non-hydrogen) atoms. The van der Waals surface area contributed by atoms with Crippen LogP contribution in [0.4, 0.5) is 10.2 Å². The third kappa shape index (κ3) is 2.16. The summed E-state index contributed by atoms with van der Waals surface area (Å²) in [6.45, 7) is 1.84. The highest BCUT2D eigenvalue weighted by Gasteiger charge is 2.16. The molecule has 0 fully saturated rings. The molecule has 3 heterocycles. The number of hydrogen-bond donors (Lipinski definition) is 4. The molecule has 0 unspecified atom stereocenters. The Kier molecular flexibility index (Phi) is 2.99. The monoisotopic (exact) mass is 325 g/mol. The molecule has 0 aliphatic rings. The zero-order valence-electron chi connectivity index (χ0n) is 12.5. The van der Waals surface area contributed by atoms with Crippen molar-refractivity contribution < 1.29 is 9.18 Å². The van der Waals surface area contributed by atoms with E-state index in [4.69, 9.17) is 0 Å². The van der Waals surface area contributed by atoms with Crippen LogP contribution in [0.2, 0.25) is 0 Å². The SMILES string of the molecule is Cc1ccc(F)c2[nH]c(C(=O)Nc3n[nH]c4[nH]c(=O)ccc34)cc12. The Morgan fingerprint density at radius 3 is 2.79 bits per heavy atom. The number of halogens is 1. The van der Waals surface area contributed by atoms with Crippen LogP contribution in [0.1, 0.15) is 16.1 Å². The van der Waals surface area contributed by atoms with Gasteiger partial charge in [-0.05, 0) is 30.7 Å². The van der Waals surface area contributed by atoms with Crippen molar-refractivity contribution in [3.63, 3.8) is 0 Å². The van der Waals surface area contributed by atoms with Gasteiger partial charge in [0.05, 0.1) is 10.9 Å². The molecule has 0 aliphatic heterocycles. The number of aromatic amines is 3. The van der Waals surface area contributed by atoms with Gasteiger partial charge in [0.2, 0.25) is 5.56 Å². The average Bonchev–Trinajstić information content (AvgIpc) is 3.16. The third-order valence-electron chi connectivity index (χ3n) is 3.89. The average molecular weight is 325 g/mol. The van der Waals surface area contributed by atoms with E-state index in [1.54, 1.807) is 18.2 Å². The molecule has 7 nitrogen and oxygen atoms in total. The van der Waals surface area contributed by atoms with Gasteiger partial charge in [-0.3, -0.25) is 14.7 Å². The molecule has 0 radical (unpaired) electrons. The van der Waals surface area contributed by atoms with Gasteiger partial charge in [0, 0.05) is 11.5 Å². The van der Waals surface area contributed by atoms with Crippen LogP contribution in [0.15, 0.2) is 35.1 Å². The van der Waals surface area contributed by atoms with Crippen molar-refractivity contribution in [1.82, 2.24) is 20.2 Å². The lowest BCUT2D eigenvalue weighted by Gasteiger charge is -1.99. The van der Waals surface area contributed by atoms with Gasteiger partial charge in [0.1, 0.15) is 17.2 Å². The van der Waals surface area contributed by atoms with E-state index in [9.17, 15) is 14.0 Å². The third-order valence-corrected chi connectivity index (χ3v) is 3.89. The molecule has 8 heteroatoms. The fourth-order valence-electron chi connectivity index (χ4n) is 2.65. The zero-order chi connectivity index (χ0) is 16.8. The van der Waals surface area contributed by atoms with Gasteiger partial charge in [-0.1, -0.05) is 6.07 Å². The van der Waals surface area contributed by atoms with E-state index in [0.717, 1.165) is 5.56 Å². The summed E-state index contributed by atoms with van der Waals surface area (Å²) >= 11 is 0. The number of carbonyl (C=O) groups excluding carboxylic acids is 1. The maximum Gasteiger partial charge on any atom is 0.273 e. The minimum atomic E-state index is -0.454. The second-order valence-corrected chi connectivity index (χ2v) is 5.47. The van der Waals surface area contributed by atoms with Crippen molar-refractivity contribution in [3.8, 4) is 0 Å². The Hall–Kier alpha value is -3.42. The van der Waals surface area contributed by atoms with Crippen molar-refractivity contribution in [2.24, 2.45) is 0 Å². The zero-order valence-corrected chi connectivity index (χ0v) is 12.5. The lowest BCUT2D eigenvalue weighted by atomic mass is 10.1. The number of anilines is 1. The molecule has 0 saturated heterocycles. The Bertz CT molecular complexity index is 1120. The molecule has 4 N–H and O–H groups in total. The molecule has 3 aromatic heterocycles. The number of aromatic nitrogens is 4. The number of carbonyl (C=O) groups is 1. The summed E-state index contributed by atoms with van der Waals surface area (Å²) in [5.41, 5.74) is 1.52. The van der Waals surface area contributed by atoms with Crippen molar-refractivity contribution in [1.29, 1.82) is 0 Å².